The summed E-state index contributed by atoms with van der Waals surface area (Å²) in [6.45, 7) is 0.153. The molecule has 0 heterocycles. The van der Waals surface area contributed by atoms with Gasteiger partial charge in [0.05, 0.1) is 24.6 Å². The minimum Gasteiger partial charge on any atom is -0.497 e. The molecule has 0 unspecified atom stereocenters. The monoisotopic (exact) mass is 274 g/mol. The van der Waals surface area contributed by atoms with E-state index in [0.717, 1.165) is 4.47 Å². The summed E-state index contributed by atoms with van der Waals surface area (Å²) in [5, 5.41) is 8.43. The van der Waals surface area contributed by atoms with Gasteiger partial charge in [0.1, 0.15) is 11.5 Å². The Morgan fingerprint density at radius 2 is 2.27 bits per heavy atom. The lowest BCUT2D eigenvalue weighted by atomic mass is 10.3. The van der Waals surface area contributed by atoms with Crippen LogP contribution in [0, 0.1) is 0 Å². The van der Waals surface area contributed by atoms with Crippen molar-refractivity contribution in [1.82, 2.24) is 0 Å². The second-order valence-electron chi connectivity index (χ2n) is 2.79. The van der Waals surface area contributed by atoms with Crippen LogP contribution in [-0.2, 0) is 4.79 Å². The maximum atomic E-state index is 10.3. The number of carboxylic acids is 1. The smallest absolute Gasteiger partial charge is 0.306 e. The van der Waals surface area contributed by atoms with Gasteiger partial charge in [-0.25, -0.2) is 0 Å². The van der Waals surface area contributed by atoms with Gasteiger partial charge in [-0.3, -0.25) is 4.79 Å². The summed E-state index contributed by atoms with van der Waals surface area (Å²) >= 11 is 3.30. The molecule has 0 aliphatic rings. The number of ether oxygens (including phenoxy) is 2. The van der Waals surface area contributed by atoms with Gasteiger partial charge < -0.3 is 14.6 Å². The molecule has 1 aromatic carbocycles. The molecule has 1 N–H and O–H groups in total. The number of aliphatic carboxylic acids is 1. The Labute approximate surface area is 95.9 Å². The van der Waals surface area contributed by atoms with Gasteiger partial charge in [0.2, 0.25) is 0 Å². The molecular formula is C10H11BrO4. The average molecular weight is 275 g/mol. The largest absolute Gasteiger partial charge is 0.497 e. The van der Waals surface area contributed by atoms with E-state index in [0.29, 0.717) is 11.5 Å². The maximum Gasteiger partial charge on any atom is 0.306 e. The van der Waals surface area contributed by atoms with Gasteiger partial charge in [-0.2, -0.15) is 0 Å². The van der Waals surface area contributed by atoms with Gasteiger partial charge in [-0.05, 0) is 34.1 Å². The van der Waals surface area contributed by atoms with Crippen LogP contribution in [0.2, 0.25) is 0 Å². The molecule has 0 spiro atoms. The quantitative estimate of drug-likeness (QED) is 0.895. The molecule has 1 aromatic rings. The summed E-state index contributed by atoms with van der Waals surface area (Å²) in [5.41, 5.74) is 0. The highest BCUT2D eigenvalue weighted by atomic mass is 79.9. The molecule has 0 aliphatic heterocycles. The van der Waals surface area contributed by atoms with Crippen LogP contribution in [-0.4, -0.2) is 24.8 Å². The maximum absolute atomic E-state index is 10.3. The molecule has 15 heavy (non-hydrogen) atoms. The second-order valence-corrected chi connectivity index (χ2v) is 3.64. The Bertz CT molecular complexity index is 351. The van der Waals surface area contributed by atoms with E-state index in [2.05, 4.69) is 15.9 Å². The SMILES string of the molecule is COc1ccc(OCCC(=O)O)c(Br)c1. The van der Waals surface area contributed by atoms with E-state index < -0.39 is 5.97 Å². The number of methoxy groups -OCH3 is 1. The van der Waals surface area contributed by atoms with Crippen LogP contribution in [0.5, 0.6) is 11.5 Å². The first kappa shape index (κ1) is 11.8. The fourth-order valence-electron chi connectivity index (χ4n) is 0.974. The van der Waals surface area contributed by atoms with Crippen molar-refractivity contribution in [2.75, 3.05) is 13.7 Å². The fraction of sp³-hybridized carbons (Fsp3) is 0.300. The van der Waals surface area contributed by atoms with Crippen LogP contribution in [0.3, 0.4) is 0 Å². The number of hydrogen-bond acceptors (Lipinski definition) is 3. The lowest BCUT2D eigenvalue weighted by Gasteiger charge is -2.08. The molecular weight excluding hydrogens is 264 g/mol. The molecule has 0 fully saturated rings. The standard InChI is InChI=1S/C10H11BrO4/c1-14-7-2-3-9(8(11)6-7)15-5-4-10(12)13/h2-3,6H,4-5H2,1H3,(H,12,13). The summed E-state index contributed by atoms with van der Waals surface area (Å²) in [4.78, 5) is 10.3. The van der Waals surface area contributed by atoms with Gasteiger partial charge in [0.25, 0.3) is 0 Å². The zero-order valence-electron chi connectivity index (χ0n) is 8.20. The first-order chi connectivity index (χ1) is 7.13. The lowest BCUT2D eigenvalue weighted by Crippen LogP contribution is -2.05. The van der Waals surface area contributed by atoms with E-state index in [1.165, 1.54) is 0 Å². The summed E-state index contributed by atoms with van der Waals surface area (Å²) < 4.78 is 11.0. The summed E-state index contributed by atoms with van der Waals surface area (Å²) in [6, 6.07) is 5.24. The fourth-order valence-corrected chi connectivity index (χ4v) is 1.45. The molecule has 1 rings (SSSR count). The molecule has 5 heteroatoms. The van der Waals surface area contributed by atoms with E-state index in [4.69, 9.17) is 14.6 Å². The molecule has 0 aliphatic carbocycles. The van der Waals surface area contributed by atoms with Crippen molar-refractivity contribution >= 4 is 21.9 Å². The number of carboxylic acid groups (broad SMARTS) is 1. The van der Waals surface area contributed by atoms with Crippen molar-refractivity contribution in [2.24, 2.45) is 0 Å². The topological polar surface area (TPSA) is 55.8 Å². The Morgan fingerprint density at radius 3 is 2.80 bits per heavy atom. The van der Waals surface area contributed by atoms with Gasteiger partial charge in [-0.15, -0.1) is 0 Å². The van der Waals surface area contributed by atoms with Crippen molar-refractivity contribution in [2.45, 2.75) is 6.42 Å². The first-order valence-electron chi connectivity index (χ1n) is 4.31. The van der Waals surface area contributed by atoms with Crippen LogP contribution in [0.1, 0.15) is 6.42 Å². The normalized spacial score (nSPS) is 9.73. The number of hydrogen-bond donors (Lipinski definition) is 1. The predicted molar refractivity (Wildman–Crippen MR) is 58.4 cm³/mol. The Kier molecular flexibility index (Phi) is 4.42. The Morgan fingerprint density at radius 1 is 1.53 bits per heavy atom. The Balaban J connectivity index is 2.58. The zero-order chi connectivity index (χ0) is 11.3. The predicted octanol–water partition coefficient (Wildman–Crippen LogP) is 2.31. The van der Waals surface area contributed by atoms with E-state index in [1.54, 1.807) is 25.3 Å². The van der Waals surface area contributed by atoms with E-state index in [9.17, 15) is 4.79 Å². The van der Waals surface area contributed by atoms with Crippen LogP contribution in [0.15, 0.2) is 22.7 Å². The summed E-state index contributed by atoms with van der Waals surface area (Å²) in [6.07, 6.45) is -0.0154. The van der Waals surface area contributed by atoms with Crippen LogP contribution >= 0.6 is 15.9 Å². The summed E-state index contributed by atoms with van der Waals surface area (Å²) in [7, 11) is 1.58. The molecule has 0 amide bonds. The van der Waals surface area contributed by atoms with E-state index >= 15 is 0 Å². The third-order valence-corrected chi connectivity index (χ3v) is 2.33. The molecule has 82 valence electrons. The van der Waals surface area contributed by atoms with Crippen LogP contribution < -0.4 is 9.47 Å². The third-order valence-electron chi connectivity index (χ3n) is 1.71. The molecule has 0 atom stereocenters. The van der Waals surface area contributed by atoms with Crippen molar-refractivity contribution in [3.8, 4) is 11.5 Å². The minimum atomic E-state index is -0.875. The number of halogens is 1. The molecule has 0 bridgehead atoms. The molecule has 0 aromatic heterocycles. The van der Waals surface area contributed by atoms with E-state index in [1.807, 2.05) is 0 Å². The number of benzene rings is 1. The molecule has 0 saturated carbocycles. The van der Waals surface area contributed by atoms with Gasteiger partial charge >= 0.3 is 5.97 Å². The van der Waals surface area contributed by atoms with Crippen molar-refractivity contribution < 1.29 is 19.4 Å². The first-order valence-corrected chi connectivity index (χ1v) is 5.11. The minimum absolute atomic E-state index is 0.0154. The van der Waals surface area contributed by atoms with Gasteiger partial charge in [-0.1, -0.05) is 0 Å². The van der Waals surface area contributed by atoms with Crippen LogP contribution in [0.4, 0.5) is 0 Å². The number of carbonyl (C=O) groups is 1. The number of rotatable bonds is 5. The highest BCUT2D eigenvalue weighted by Crippen LogP contribution is 2.29. The molecule has 4 nitrogen and oxygen atoms in total. The van der Waals surface area contributed by atoms with Crippen LogP contribution in [0.25, 0.3) is 0 Å². The van der Waals surface area contributed by atoms with Crippen molar-refractivity contribution in [3.05, 3.63) is 22.7 Å². The zero-order valence-corrected chi connectivity index (χ0v) is 9.78. The lowest BCUT2D eigenvalue weighted by molar-refractivity contribution is -0.137. The molecule has 0 radical (unpaired) electrons. The van der Waals surface area contributed by atoms with Crippen molar-refractivity contribution in [1.29, 1.82) is 0 Å². The Hall–Kier alpha value is -1.23. The van der Waals surface area contributed by atoms with Gasteiger partial charge in [0.15, 0.2) is 0 Å². The third kappa shape index (κ3) is 3.79. The van der Waals surface area contributed by atoms with Gasteiger partial charge in [0, 0.05) is 0 Å². The highest BCUT2D eigenvalue weighted by Gasteiger charge is 2.04. The summed E-state index contributed by atoms with van der Waals surface area (Å²) in [5.74, 6) is 0.448. The highest BCUT2D eigenvalue weighted by molar-refractivity contribution is 9.10. The molecule has 0 saturated heterocycles. The second kappa shape index (κ2) is 5.60. The van der Waals surface area contributed by atoms with E-state index in [-0.39, 0.29) is 13.0 Å². The van der Waals surface area contributed by atoms with Crippen molar-refractivity contribution in [3.63, 3.8) is 0 Å². The average Bonchev–Trinajstić information content (AvgIpc) is 2.20.